The summed E-state index contributed by atoms with van der Waals surface area (Å²) in [4.78, 5) is 4.21. The molecule has 0 aliphatic carbocycles. The Morgan fingerprint density at radius 3 is 1.25 bits per heavy atom. The largest absolute Gasteiger partial charge is 0.508 e. The van der Waals surface area contributed by atoms with Gasteiger partial charge in [-0.3, -0.25) is 0 Å². The summed E-state index contributed by atoms with van der Waals surface area (Å²) in [6.07, 6.45) is 1.50. The van der Waals surface area contributed by atoms with Crippen molar-refractivity contribution in [3.63, 3.8) is 0 Å². The summed E-state index contributed by atoms with van der Waals surface area (Å²) >= 11 is 0. The monoisotopic (exact) mass is 382 g/mol. The molecular formula is C22H30N4O2. The van der Waals surface area contributed by atoms with Crippen LogP contribution in [0.5, 0.6) is 11.5 Å². The lowest BCUT2D eigenvalue weighted by Gasteiger charge is -2.13. The minimum atomic E-state index is 0.231. The SMILES string of the molecule is CN(C)CC/C(=N\N=C(/CCN(C)C)c1ccc(O)cc1)c1ccc(O)cc1. The van der Waals surface area contributed by atoms with Gasteiger partial charge in [-0.25, -0.2) is 0 Å². The maximum Gasteiger partial charge on any atom is 0.115 e. The molecule has 28 heavy (non-hydrogen) atoms. The molecule has 2 aromatic carbocycles. The first-order chi connectivity index (χ1) is 13.3. The van der Waals surface area contributed by atoms with Crippen molar-refractivity contribution in [3.05, 3.63) is 59.7 Å². The van der Waals surface area contributed by atoms with Crippen LogP contribution in [0.2, 0.25) is 0 Å². The lowest BCUT2D eigenvalue weighted by atomic mass is 10.1. The van der Waals surface area contributed by atoms with Gasteiger partial charge in [0.2, 0.25) is 0 Å². The summed E-state index contributed by atoms with van der Waals surface area (Å²) in [6.45, 7) is 1.70. The van der Waals surface area contributed by atoms with Crippen molar-refractivity contribution in [1.29, 1.82) is 0 Å². The number of benzene rings is 2. The van der Waals surface area contributed by atoms with Crippen LogP contribution in [0.15, 0.2) is 58.7 Å². The first-order valence-electron chi connectivity index (χ1n) is 9.37. The highest BCUT2D eigenvalue weighted by Gasteiger charge is 2.08. The van der Waals surface area contributed by atoms with Crippen molar-refractivity contribution in [1.82, 2.24) is 9.80 Å². The van der Waals surface area contributed by atoms with Gasteiger partial charge in [0.1, 0.15) is 11.5 Å². The van der Waals surface area contributed by atoms with E-state index >= 15 is 0 Å². The van der Waals surface area contributed by atoms with Gasteiger partial charge in [0.15, 0.2) is 0 Å². The zero-order valence-electron chi connectivity index (χ0n) is 17.1. The van der Waals surface area contributed by atoms with Crippen molar-refractivity contribution in [3.8, 4) is 11.5 Å². The molecule has 0 aliphatic rings. The summed E-state index contributed by atoms with van der Waals surface area (Å²) in [5, 5.41) is 28.3. The Hall–Kier alpha value is -2.70. The fourth-order valence-corrected chi connectivity index (χ4v) is 2.59. The van der Waals surface area contributed by atoms with E-state index in [4.69, 9.17) is 0 Å². The number of hydrogen-bond acceptors (Lipinski definition) is 6. The molecule has 0 aliphatic heterocycles. The quantitative estimate of drug-likeness (QED) is 0.516. The van der Waals surface area contributed by atoms with E-state index in [9.17, 15) is 10.2 Å². The Kier molecular flexibility index (Phi) is 8.17. The Morgan fingerprint density at radius 2 is 0.964 bits per heavy atom. The predicted octanol–water partition coefficient (Wildman–Crippen LogP) is 3.19. The number of phenolic OH excluding ortho intramolecular Hbond substituents is 2. The topological polar surface area (TPSA) is 71.7 Å². The van der Waals surface area contributed by atoms with Crippen LogP contribution in [-0.4, -0.2) is 72.7 Å². The van der Waals surface area contributed by atoms with Crippen molar-refractivity contribution >= 4 is 11.4 Å². The molecule has 0 atom stereocenters. The van der Waals surface area contributed by atoms with Gasteiger partial charge < -0.3 is 20.0 Å². The van der Waals surface area contributed by atoms with Crippen LogP contribution in [0.1, 0.15) is 24.0 Å². The normalized spacial score (nSPS) is 12.8. The molecule has 6 heteroatoms. The van der Waals surface area contributed by atoms with Crippen LogP contribution in [0, 0.1) is 0 Å². The van der Waals surface area contributed by atoms with Crippen LogP contribution in [-0.2, 0) is 0 Å². The second kappa shape index (κ2) is 10.6. The Balaban J connectivity index is 2.37. The zero-order valence-corrected chi connectivity index (χ0v) is 17.1. The minimum Gasteiger partial charge on any atom is -0.508 e. The van der Waals surface area contributed by atoms with Gasteiger partial charge in [-0.05, 0) is 87.8 Å². The maximum absolute atomic E-state index is 9.57. The highest BCUT2D eigenvalue weighted by molar-refractivity contribution is 6.03. The van der Waals surface area contributed by atoms with E-state index in [1.807, 2.05) is 52.5 Å². The Labute approximate surface area is 167 Å². The van der Waals surface area contributed by atoms with Crippen molar-refractivity contribution in [2.75, 3.05) is 41.3 Å². The third-order valence-corrected chi connectivity index (χ3v) is 4.28. The molecule has 6 nitrogen and oxygen atoms in total. The van der Waals surface area contributed by atoms with Crippen LogP contribution in [0.4, 0.5) is 0 Å². The smallest absolute Gasteiger partial charge is 0.115 e. The molecule has 0 aromatic heterocycles. The minimum absolute atomic E-state index is 0.231. The van der Waals surface area contributed by atoms with E-state index in [1.54, 1.807) is 24.3 Å². The van der Waals surface area contributed by atoms with Gasteiger partial charge in [0.05, 0.1) is 11.4 Å². The Bertz CT molecular complexity index is 725. The Morgan fingerprint density at radius 1 is 0.643 bits per heavy atom. The fourth-order valence-electron chi connectivity index (χ4n) is 2.59. The second-order valence-electron chi connectivity index (χ2n) is 7.29. The van der Waals surface area contributed by atoms with E-state index in [-0.39, 0.29) is 11.5 Å². The van der Waals surface area contributed by atoms with Gasteiger partial charge in [0, 0.05) is 25.9 Å². The van der Waals surface area contributed by atoms with E-state index in [1.165, 1.54) is 0 Å². The van der Waals surface area contributed by atoms with E-state index in [0.717, 1.165) is 48.5 Å². The van der Waals surface area contributed by atoms with Gasteiger partial charge in [-0.2, -0.15) is 10.2 Å². The number of phenols is 2. The first-order valence-corrected chi connectivity index (χ1v) is 9.37. The summed E-state index contributed by atoms with van der Waals surface area (Å²) in [5.74, 6) is 0.463. The molecular weight excluding hydrogens is 352 g/mol. The summed E-state index contributed by atoms with van der Waals surface area (Å²) < 4.78 is 0. The van der Waals surface area contributed by atoms with Crippen molar-refractivity contribution in [2.45, 2.75) is 12.8 Å². The number of aromatic hydroxyl groups is 2. The number of hydrogen-bond donors (Lipinski definition) is 2. The summed E-state index contributed by atoms with van der Waals surface area (Å²) in [5.41, 5.74) is 3.63. The molecule has 2 aromatic rings. The number of nitrogens with zero attached hydrogens (tertiary/aromatic N) is 4. The predicted molar refractivity (Wildman–Crippen MR) is 116 cm³/mol. The number of rotatable bonds is 9. The molecule has 0 radical (unpaired) electrons. The molecule has 2 N–H and O–H groups in total. The molecule has 150 valence electrons. The van der Waals surface area contributed by atoms with E-state index in [2.05, 4.69) is 20.0 Å². The molecule has 0 spiro atoms. The average molecular weight is 383 g/mol. The van der Waals surface area contributed by atoms with Crippen LogP contribution >= 0.6 is 0 Å². The standard InChI is InChI=1S/C22H30N4O2/c1-25(2)15-13-21(17-5-9-19(27)10-6-17)23-24-22(14-16-26(3)4)18-7-11-20(28)12-8-18/h5-12,27-28H,13-16H2,1-4H3/b23-21+,24-22+. The van der Waals surface area contributed by atoms with E-state index in [0.29, 0.717) is 0 Å². The van der Waals surface area contributed by atoms with Gasteiger partial charge in [-0.1, -0.05) is 0 Å². The fraction of sp³-hybridized carbons (Fsp3) is 0.364. The zero-order chi connectivity index (χ0) is 20.5. The van der Waals surface area contributed by atoms with Crippen LogP contribution in [0.25, 0.3) is 0 Å². The average Bonchev–Trinajstić information content (AvgIpc) is 2.65. The highest BCUT2D eigenvalue weighted by atomic mass is 16.3. The maximum atomic E-state index is 9.57. The molecule has 0 unspecified atom stereocenters. The molecule has 0 saturated heterocycles. The summed E-state index contributed by atoms with van der Waals surface area (Å²) in [7, 11) is 8.10. The molecule has 2 rings (SSSR count). The van der Waals surface area contributed by atoms with Gasteiger partial charge in [-0.15, -0.1) is 0 Å². The van der Waals surface area contributed by atoms with Crippen molar-refractivity contribution in [2.24, 2.45) is 10.2 Å². The molecule has 0 fully saturated rings. The van der Waals surface area contributed by atoms with Gasteiger partial charge in [0.25, 0.3) is 0 Å². The van der Waals surface area contributed by atoms with Gasteiger partial charge >= 0.3 is 0 Å². The third-order valence-electron chi connectivity index (χ3n) is 4.28. The lowest BCUT2D eigenvalue weighted by Crippen LogP contribution is -2.18. The first kappa shape index (κ1) is 21.6. The molecule has 0 saturated carbocycles. The van der Waals surface area contributed by atoms with Crippen LogP contribution < -0.4 is 0 Å². The second-order valence-corrected chi connectivity index (χ2v) is 7.29. The molecule has 0 heterocycles. The molecule has 0 bridgehead atoms. The lowest BCUT2D eigenvalue weighted by molar-refractivity contribution is 0.421. The molecule has 0 amide bonds. The third kappa shape index (κ3) is 7.13. The highest BCUT2D eigenvalue weighted by Crippen LogP contribution is 2.15. The summed E-state index contributed by atoms with van der Waals surface area (Å²) in [6, 6.07) is 14.1. The van der Waals surface area contributed by atoms with E-state index < -0.39 is 0 Å². The van der Waals surface area contributed by atoms with Crippen LogP contribution in [0.3, 0.4) is 0 Å². The van der Waals surface area contributed by atoms with Crippen molar-refractivity contribution < 1.29 is 10.2 Å².